The van der Waals surface area contributed by atoms with Crippen molar-refractivity contribution in [3.8, 4) is 0 Å². The number of benzene rings is 1. The first-order valence-corrected chi connectivity index (χ1v) is 6.84. The third kappa shape index (κ3) is 3.72. The summed E-state index contributed by atoms with van der Waals surface area (Å²) >= 11 is 0. The number of anilines is 1. The molecule has 1 atom stereocenters. The summed E-state index contributed by atoms with van der Waals surface area (Å²) in [5.74, 6) is 0.0689. The SMILES string of the molecule is C=C(C)C(C)C(=C)Nc1cccc(S(=O)(=O)O)c1. The van der Waals surface area contributed by atoms with Gasteiger partial charge in [0.25, 0.3) is 10.1 Å². The molecular weight excluding hydrogens is 250 g/mol. The molecule has 0 bridgehead atoms. The zero-order chi connectivity index (χ0) is 13.9. The van der Waals surface area contributed by atoms with Gasteiger partial charge in [-0.15, -0.1) is 0 Å². The van der Waals surface area contributed by atoms with Gasteiger partial charge < -0.3 is 5.32 Å². The lowest BCUT2D eigenvalue weighted by atomic mass is 10.0. The summed E-state index contributed by atoms with van der Waals surface area (Å²) in [6.07, 6.45) is 0. The van der Waals surface area contributed by atoms with Crippen molar-refractivity contribution in [1.82, 2.24) is 0 Å². The Hall–Kier alpha value is -1.59. The van der Waals surface area contributed by atoms with Crippen molar-refractivity contribution in [2.45, 2.75) is 18.7 Å². The van der Waals surface area contributed by atoms with E-state index in [-0.39, 0.29) is 10.8 Å². The van der Waals surface area contributed by atoms with Crippen LogP contribution in [0.3, 0.4) is 0 Å². The van der Waals surface area contributed by atoms with Crippen molar-refractivity contribution >= 4 is 15.8 Å². The highest BCUT2D eigenvalue weighted by atomic mass is 32.2. The maximum Gasteiger partial charge on any atom is 0.294 e. The standard InChI is InChI=1S/C13H17NO3S/c1-9(2)10(3)11(4)14-12-6-5-7-13(8-12)18(15,16)17/h5-8,10,14H,1,4H2,2-3H3,(H,15,16,17). The zero-order valence-electron chi connectivity index (χ0n) is 10.5. The number of hydrogen-bond donors (Lipinski definition) is 2. The summed E-state index contributed by atoms with van der Waals surface area (Å²) in [4.78, 5) is -0.150. The molecule has 0 saturated heterocycles. The average Bonchev–Trinajstić information content (AvgIpc) is 2.27. The molecule has 0 aliphatic rings. The molecule has 0 fully saturated rings. The van der Waals surface area contributed by atoms with Gasteiger partial charge >= 0.3 is 0 Å². The molecular formula is C13H17NO3S. The van der Waals surface area contributed by atoms with Gasteiger partial charge in [-0.3, -0.25) is 4.55 Å². The van der Waals surface area contributed by atoms with Gasteiger partial charge in [0.15, 0.2) is 0 Å². The van der Waals surface area contributed by atoms with E-state index in [1.54, 1.807) is 12.1 Å². The molecule has 0 heterocycles. The highest BCUT2D eigenvalue weighted by Gasteiger charge is 2.11. The van der Waals surface area contributed by atoms with Crippen LogP contribution in [-0.4, -0.2) is 13.0 Å². The number of hydrogen-bond acceptors (Lipinski definition) is 3. The van der Waals surface area contributed by atoms with Crippen LogP contribution in [-0.2, 0) is 10.1 Å². The highest BCUT2D eigenvalue weighted by Crippen LogP contribution is 2.21. The molecule has 1 unspecified atom stereocenters. The predicted octanol–water partition coefficient (Wildman–Crippen LogP) is 3.07. The molecule has 5 heteroatoms. The number of nitrogens with one attached hydrogen (secondary N) is 1. The van der Waals surface area contributed by atoms with E-state index in [1.165, 1.54) is 12.1 Å². The normalized spacial score (nSPS) is 12.8. The molecule has 1 aromatic rings. The molecule has 0 aromatic heterocycles. The number of allylic oxidation sites excluding steroid dienone is 1. The second-order valence-electron chi connectivity index (χ2n) is 4.22. The van der Waals surface area contributed by atoms with E-state index in [1.807, 2.05) is 13.8 Å². The van der Waals surface area contributed by atoms with E-state index in [0.29, 0.717) is 5.69 Å². The van der Waals surface area contributed by atoms with Gasteiger partial charge in [-0.05, 0) is 25.1 Å². The molecule has 0 amide bonds. The first-order chi connectivity index (χ1) is 8.21. The summed E-state index contributed by atoms with van der Waals surface area (Å²) in [7, 11) is -4.18. The van der Waals surface area contributed by atoms with Crippen LogP contribution in [0.2, 0.25) is 0 Å². The lowest BCUT2D eigenvalue weighted by Gasteiger charge is -2.17. The van der Waals surface area contributed by atoms with Crippen molar-refractivity contribution in [2.24, 2.45) is 5.92 Å². The van der Waals surface area contributed by atoms with Crippen LogP contribution in [0.4, 0.5) is 5.69 Å². The number of rotatable bonds is 5. The maximum absolute atomic E-state index is 11.0. The Bertz CT molecular complexity index is 576. The third-order valence-corrected chi connectivity index (χ3v) is 3.55. The molecule has 0 saturated carbocycles. The van der Waals surface area contributed by atoms with E-state index in [4.69, 9.17) is 4.55 Å². The van der Waals surface area contributed by atoms with Crippen LogP contribution in [0.25, 0.3) is 0 Å². The van der Waals surface area contributed by atoms with Gasteiger partial charge in [-0.2, -0.15) is 8.42 Å². The molecule has 2 N–H and O–H groups in total. The molecule has 1 aromatic carbocycles. The Morgan fingerprint density at radius 2 is 2.00 bits per heavy atom. The zero-order valence-corrected chi connectivity index (χ0v) is 11.3. The lowest BCUT2D eigenvalue weighted by Crippen LogP contribution is -2.09. The van der Waals surface area contributed by atoms with Crippen molar-refractivity contribution in [2.75, 3.05) is 5.32 Å². The van der Waals surface area contributed by atoms with Crippen LogP contribution >= 0.6 is 0 Å². The van der Waals surface area contributed by atoms with E-state index in [9.17, 15) is 8.42 Å². The molecule has 0 aliphatic heterocycles. The molecule has 1 rings (SSSR count). The highest BCUT2D eigenvalue weighted by molar-refractivity contribution is 7.85. The predicted molar refractivity (Wildman–Crippen MR) is 73.0 cm³/mol. The Kier molecular flexibility index (Phi) is 4.32. The van der Waals surface area contributed by atoms with E-state index >= 15 is 0 Å². The topological polar surface area (TPSA) is 66.4 Å². The fraction of sp³-hybridized carbons (Fsp3) is 0.231. The molecule has 4 nitrogen and oxygen atoms in total. The summed E-state index contributed by atoms with van der Waals surface area (Å²) in [5.41, 5.74) is 2.23. The molecule has 0 radical (unpaired) electrons. The van der Waals surface area contributed by atoms with Crippen molar-refractivity contribution < 1.29 is 13.0 Å². The molecule has 0 spiro atoms. The first kappa shape index (κ1) is 14.5. The molecule has 18 heavy (non-hydrogen) atoms. The fourth-order valence-electron chi connectivity index (χ4n) is 1.33. The van der Waals surface area contributed by atoms with E-state index < -0.39 is 10.1 Å². The second kappa shape index (κ2) is 5.37. The van der Waals surface area contributed by atoms with Gasteiger partial charge in [0.05, 0.1) is 4.90 Å². The van der Waals surface area contributed by atoms with Crippen LogP contribution in [0.1, 0.15) is 13.8 Å². The van der Waals surface area contributed by atoms with Gasteiger partial charge in [-0.1, -0.05) is 31.7 Å². The summed E-state index contributed by atoms with van der Waals surface area (Å²) in [6, 6.07) is 5.92. The van der Waals surface area contributed by atoms with E-state index in [2.05, 4.69) is 18.5 Å². The molecule has 0 aliphatic carbocycles. The Labute approximate surface area is 108 Å². The first-order valence-electron chi connectivity index (χ1n) is 5.40. The van der Waals surface area contributed by atoms with Crippen LogP contribution in [0.15, 0.2) is 53.6 Å². The average molecular weight is 267 g/mol. The minimum Gasteiger partial charge on any atom is -0.359 e. The Balaban J connectivity index is 2.93. The smallest absolute Gasteiger partial charge is 0.294 e. The summed E-state index contributed by atoms with van der Waals surface area (Å²) in [6.45, 7) is 11.6. The van der Waals surface area contributed by atoms with Gasteiger partial charge in [0.2, 0.25) is 0 Å². The van der Waals surface area contributed by atoms with Crippen LogP contribution in [0.5, 0.6) is 0 Å². The minimum atomic E-state index is -4.18. The van der Waals surface area contributed by atoms with Crippen molar-refractivity contribution in [1.29, 1.82) is 0 Å². The maximum atomic E-state index is 11.0. The van der Waals surface area contributed by atoms with Gasteiger partial charge in [0.1, 0.15) is 0 Å². The quantitative estimate of drug-likeness (QED) is 0.635. The van der Waals surface area contributed by atoms with Crippen molar-refractivity contribution in [3.05, 3.63) is 48.7 Å². The summed E-state index contributed by atoms with van der Waals surface area (Å²) in [5, 5.41) is 3.00. The summed E-state index contributed by atoms with van der Waals surface area (Å²) < 4.78 is 31.0. The van der Waals surface area contributed by atoms with Gasteiger partial charge in [-0.25, -0.2) is 0 Å². The lowest BCUT2D eigenvalue weighted by molar-refractivity contribution is 0.483. The monoisotopic (exact) mass is 267 g/mol. The molecule has 98 valence electrons. The largest absolute Gasteiger partial charge is 0.359 e. The Morgan fingerprint density at radius 3 is 2.50 bits per heavy atom. The Morgan fingerprint density at radius 1 is 1.39 bits per heavy atom. The van der Waals surface area contributed by atoms with Gasteiger partial charge in [0, 0.05) is 17.3 Å². The second-order valence-corrected chi connectivity index (χ2v) is 5.64. The van der Waals surface area contributed by atoms with Crippen LogP contribution < -0.4 is 5.32 Å². The fourth-order valence-corrected chi connectivity index (χ4v) is 1.85. The third-order valence-electron chi connectivity index (χ3n) is 2.70. The van der Waals surface area contributed by atoms with Crippen LogP contribution in [0, 0.1) is 5.92 Å². The van der Waals surface area contributed by atoms with Crippen molar-refractivity contribution in [3.63, 3.8) is 0 Å². The minimum absolute atomic E-state index is 0.0689. The van der Waals surface area contributed by atoms with E-state index in [0.717, 1.165) is 11.3 Å².